The van der Waals surface area contributed by atoms with Crippen molar-refractivity contribution in [3.05, 3.63) is 48.0 Å². The first kappa shape index (κ1) is 20.8. The summed E-state index contributed by atoms with van der Waals surface area (Å²) in [6.07, 6.45) is -5.01. The standard InChI is InChI=1S/C17H18F3NO5S/c1-21(11-12-8-9-13(24-2)15(10-12)25-3)27(22,23)16-7-5-4-6-14(16)26-17(18,19)20/h4-10H,11H2,1-3H3. The average molecular weight is 405 g/mol. The van der Waals surface area contributed by atoms with Gasteiger partial charge in [-0.15, -0.1) is 13.2 Å². The molecule has 0 aliphatic rings. The molecule has 0 amide bonds. The Morgan fingerprint density at radius 3 is 2.19 bits per heavy atom. The van der Waals surface area contributed by atoms with E-state index in [4.69, 9.17) is 9.47 Å². The van der Waals surface area contributed by atoms with E-state index in [1.165, 1.54) is 33.4 Å². The molecule has 0 aliphatic heterocycles. The number of methoxy groups -OCH3 is 2. The molecule has 0 atom stereocenters. The Labute approximate surface area is 155 Å². The second-order valence-corrected chi connectivity index (χ2v) is 7.46. The van der Waals surface area contributed by atoms with Gasteiger partial charge in [0.15, 0.2) is 11.5 Å². The smallest absolute Gasteiger partial charge is 0.493 e. The largest absolute Gasteiger partial charge is 0.573 e. The molecule has 0 fully saturated rings. The zero-order valence-electron chi connectivity index (χ0n) is 14.8. The van der Waals surface area contributed by atoms with Gasteiger partial charge in [0.1, 0.15) is 10.6 Å². The zero-order valence-corrected chi connectivity index (χ0v) is 15.6. The molecule has 27 heavy (non-hydrogen) atoms. The lowest BCUT2D eigenvalue weighted by atomic mass is 10.2. The van der Waals surface area contributed by atoms with Gasteiger partial charge in [-0.05, 0) is 29.8 Å². The van der Waals surface area contributed by atoms with Crippen molar-refractivity contribution in [3.8, 4) is 17.2 Å². The Balaban J connectivity index is 2.32. The van der Waals surface area contributed by atoms with E-state index in [1.807, 2.05) is 0 Å². The third-order valence-corrected chi connectivity index (χ3v) is 5.46. The van der Waals surface area contributed by atoms with Gasteiger partial charge >= 0.3 is 6.36 Å². The summed E-state index contributed by atoms with van der Waals surface area (Å²) < 4.78 is 78.2. The third-order valence-electron chi connectivity index (χ3n) is 3.62. The molecule has 2 aromatic carbocycles. The van der Waals surface area contributed by atoms with Crippen LogP contribution < -0.4 is 14.2 Å². The number of hydrogen-bond acceptors (Lipinski definition) is 5. The highest BCUT2D eigenvalue weighted by atomic mass is 32.2. The number of alkyl halides is 3. The monoisotopic (exact) mass is 405 g/mol. The molecule has 148 valence electrons. The van der Waals surface area contributed by atoms with Crippen LogP contribution in [0, 0.1) is 0 Å². The summed E-state index contributed by atoms with van der Waals surface area (Å²) in [7, 11) is -0.0776. The summed E-state index contributed by atoms with van der Waals surface area (Å²) in [6, 6.07) is 9.41. The molecule has 0 unspecified atom stereocenters. The predicted octanol–water partition coefficient (Wildman–Crippen LogP) is 3.42. The van der Waals surface area contributed by atoms with Crippen LogP contribution in [0.1, 0.15) is 5.56 Å². The molecule has 0 heterocycles. The number of ether oxygens (including phenoxy) is 3. The van der Waals surface area contributed by atoms with E-state index in [-0.39, 0.29) is 6.54 Å². The second kappa shape index (κ2) is 8.05. The van der Waals surface area contributed by atoms with E-state index in [1.54, 1.807) is 18.2 Å². The van der Waals surface area contributed by atoms with E-state index in [9.17, 15) is 21.6 Å². The molecule has 6 nitrogen and oxygen atoms in total. The SMILES string of the molecule is COc1ccc(CN(C)S(=O)(=O)c2ccccc2OC(F)(F)F)cc1OC. The first-order valence-electron chi connectivity index (χ1n) is 7.60. The van der Waals surface area contributed by atoms with Gasteiger partial charge < -0.3 is 14.2 Å². The summed E-state index contributed by atoms with van der Waals surface area (Å²) in [5, 5.41) is 0. The third kappa shape index (κ3) is 5.04. The van der Waals surface area contributed by atoms with Crippen molar-refractivity contribution >= 4 is 10.0 Å². The van der Waals surface area contributed by atoms with Crippen LogP contribution in [-0.4, -0.2) is 40.4 Å². The second-order valence-electron chi connectivity index (χ2n) is 5.44. The van der Waals surface area contributed by atoms with Crippen LogP contribution in [0.2, 0.25) is 0 Å². The fourth-order valence-electron chi connectivity index (χ4n) is 2.36. The lowest BCUT2D eigenvalue weighted by molar-refractivity contribution is -0.275. The first-order valence-corrected chi connectivity index (χ1v) is 9.04. The summed E-state index contributed by atoms with van der Waals surface area (Å²) in [5.74, 6) is 0.0847. The molecule has 2 rings (SSSR count). The molecule has 0 spiro atoms. The van der Waals surface area contributed by atoms with Gasteiger partial charge in [0.25, 0.3) is 0 Å². The molecule has 0 aliphatic carbocycles. The Bertz CT molecular complexity index is 900. The van der Waals surface area contributed by atoms with Gasteiger partial charge in [0.2, 0.25) is 10.0 Å². The molecule has 10 heteroatoms. The molecular weight excluding hydrogens is 387 g/mol. The summed E-state index contributed by atoms with van der Waals surface area (Å²) in [5.41, 5.74) is 0.563. The van der Waals surface area contributed by atoms with Crippen LogP contribution in [0.4, 0.5) is 13.2 Å². The Morgan fingerprint density at radius 2 is 1.59 bits per heavy atom. The lowest BCUT2D eigenvalue weighted by Crippen LogP contribution is -2.28. The minimum Gasteiger partial charge on any atom is -0.493 e. The summed E-state index contributed by atoms with van der Waals surface area (Å²) in [6.45, 7) is -0.0942. The van der Waals surface area contributed by atoms with Crippen molar-refractivity contribution in [2.45, 2.75) is 17.8 Å². The summed E-state index contributed by atoms with van der Waals surface area (Å²) >= 11 is 0. The number of nitrogens with zero attached hydrogens (tertiary/aromatic N) is 1. The predicted molar refractivity (Wildman–Crippen MR) is 91.3 cm³/mol. The molecule has 0 bridgehead atoms. The highest BCUT2D eigenvalue weighted by Gasteiger charge is 2.35. The van der Waals surface area contributed by atoms with Crippen LogP contribution >= 0.6 is 0 Å². The molecule has 0 aromatic heterocycles. The van der Waals surface area contributed by atoms with E-state index in [0.29, 0.717) is 17.1 Å². The van der Waals surface area contributed by atoms with Crippen LogP contribution in [0.25, 0.3) is 0 Å². The van der Waals surface area contributed by atoms with Gasteiger partial charge in [-0.1, -0.05) is 18.2 Å². The van der Waals surface area contributed by atoms with Crippen molar-refractivity contribution in [3.63, 3.8) is 0 Å². The molecule has 2 aromatic rings. The van der Waals surface area contributed by atoms with Crippen LogP contribution in [0.5, 0.6) is 17.2 Å². The van der Waals surface area contributed by atoms with Gasteiger partial charge in [0.05, 0.1) is 14.2 Å². The van der Waals surface area contributed by atoms with Crippen LogP contribution in [-0.2, 0) is 16.6 Å². The van der Waals surface area contributed by atoms with Gasteiger partial charge in [-0.3, -0.25) is 0 Å². The van der Waals surface area contributed by atoms with Gasteiger partial charge in [-0.25, -0.2) is 8.42 Å². The number of sulfonamides is 1. The normalized spacial score (nSPS) is 12.1. The van der Waals surface area contributed by atoms with Crippen molar-refractivity contribution in [2.75, 3.05) is 21.3 Å². The maximum absolute atomic E-state index is 12.7. The molecule has 0 N–H and O–H groups in total. The zero-order chi connectivity index (χ0) is 20.2. The van der Waals surface area contributed by atoms with E-state index >= 15 is 0 Å². The van der Waals surface area contributed by atoms with Crippen molar-refractivity contribution < 1.29 is 35.8 Å². The summed E-state index contributed by atoms with van der Waals surface area (Å²) in [4.78, 5) is -0.578. The van der Waals surface area contributed by atoms with E-state index in [0.717, 1.165) is 16.4 Å². The van der Waals surface area contributed by atoms with Crippen molar-refractivity contribution in [1.82, 2.24) is 4.31 Å². The Hall–Kier alpha value is -2.46. The molecule has 0 saturated heterocycles. The van der Waals surface area contributed by atoms with Crippen LogP contribution in [0.3, 0.4) is 0 Å². The molecular formula is C17H18F3NO5S. The highest BCUT2D eigenvalue weighted by Crippen LogP contribution is 2.32. The maximum atomic E-state index is 12.7. The minimum absolute atomic E-state index is 0.0942. The Morgan fingerprint density at radius 1 is 0.963 bits per heavy atom. The fraction of sp³-hybridized carbons (Fsp3) is 0.294. The van der Waals surface area contributed by atoms with E-state index in [2.05, 4.69) is 4.74 Å². The van der Waals surface area contributed by atoms with Crippen molar-refractivity contribution in [2.24, 2.45) is 0 Å². The van der Waals surface area contributed by atoms with Gasteiger partial charge in [0, 0.05) is 13.6 Å². The number of para-hydroxylation sites is 1. The number of benzene rings is 2. The Kier molecular flexibility index (Phi) is 6.22. The lowest BCUT2D eigenvalue weighted by Gasteiger charge is -2.20. The first-order chi connectivity index (χ1) is 12.6. The maximum Gasteiger partial charge on any atom is 0.573 e. The minimum atomic E-state index is -5.01. The van der Waals surface area contributed by atoms with Crippen molar-refractivity contribution in [1.29, 1.82) is 0 Å². The number of hydrogen-bond donors (Lipinski definition) is 0. The number of rotatable bonds is 7. The van der Waals surface area contributed by atoms with Gasteiger partial charge in [-0.2, -0.15) is 4.31 Å². The topological polar surface area (TPSA) is 65.1 Å². The quantitative estimate of drug-likeness (QED) is 0.706. The van der Waals surface area contributed by atoms with E-state index < -0.39 is 27.0 Å². The highest BCUT2D eigenvalue weighted by molar-refractivity contribution is 7.89. The fourth-order valence-corrected chi connectivity index (χ4v) is 3.63. The average Bonchev–Trinajstić information content (AvgIpc) is 2.60. The molecule has 0 saturated carbocycles. The molecule has 0 radical (unpaired) electrons. The van der Waals surface area contributed by atoms with Crippen LogP contribution in [0.15, 0.2) is 47.4 Å². The number of halogens is 3.